The lowest BCUT2D eigenvalue weighted by molar-refractivity contribution is 0.587. The number of aromatic nitrogens is 3. The Morgan fingerprint density at radius 1 is 1.24 bits per heavy atom. The Morgan fingerprint density at radius 2 is 2.00 bits per heavy atom. The normalized spacial score (nSPS) is 11.9. The molecule has 0 aliphatic carbocycles. The Hall–Kier alpha value is -1.92. The second-order valence-electron chi connectivity index (χ2n) is 4.68. The first-order valence-electron chi connectivity index (χ1n) is 6.25. The first-order valence-corrected chi connectivity index (χ1v) is 8.28. The molecule has 1 aromatic carbocycles. The number of nitrogens with one attached hydrogen (secondary N) is 1. The standard InChI is InChI=1S/C14H12ClN3O2S/c1-9-10(15)6-7-16-13(9)8-21(19,20)14-17-11-4-2-3-5-12(11)18-14/h2-7H,8H2,1H3,(H,17,18). The molecule has 0 unspecified atom stereocenters. The lowest BCUT2D eigenvalue weighted by atomic mass is 10.2. The number of H-pyrrole nitrogens is 1. The molecule has 0 amide bonds. The van der Waals surface area contributed by atoms with E-state index in [4.69, 9.17) is 11.6 Å². The summed E-state index contributed by atoms with van der Waals surface area (Å²) in [7, 11) is -3.60. The van der Waals surface area contributed by atoms with E-state index in [9.17, 15) is 8.42 Å². The number of halogens is 1. The molecule has 21 heavy (non-hydrogen) atoms. The van der Waals surface area contributed by atoms with Gasteiger partial charge in [-0.2, -0.15) is 0 Å². The largest absolute Gasteiger partial charge is 0.329 e. The van der Waals surface area contributed by atoms with E-state index in [1.165, 1.54) is 6.20 Å². The molecule has 0 fully saturated rings. The Bertz CT molecular complexity index is 886. The summed E-state index contributed by atoms with van der Waals surface area (Å²) in [5, 5.41) is 0.449. The van der Waals surface area contributed by atoms with Gasteiger partial charge in [-0.25, -0.2) is 13.4 Å². The molecule has 0 atom stereocenters. The van der Waals surface area contributed by atoms with Crippen molar-refractivity contribution in [1.82, 2.24) is 15.0 Å². The van der Waals surface area contributed by atoms with Crippen molar-refractivity contribution in [2.24, 2.45) is 0 Å². The van der Waals surface area contributed by atoms with Crippen LogP contribution in [0.3, 0.4) is 0 Å². The summed E-state index contributed by atoms with van der Waals surface area (Å²) < 4.78 is 24.9. The molecule has 7 heteroatoms. The van der Waals surface area contributed by atoms with Gasteiger partial charge in [0, 0.05) is 11.2 Å². The molecule has 3 rings (SSSR count). The maximum Gasteiger partial charge on any atom is 0.226 e. The Morgan fingerprint density at radius 3 is 2.76 bits per heavy atom. The minimum Gasteiger partial charge on any atom is -0.329 e. The first kappa shape index (κ1) is 14.0. The highest BCUT2D eigenvalue weighted by Crippen LogP contribution is 2.22. The number of aromatic amines is 1. The number of hydrogen-bond acceptors (Lipinski definition) is 4. The van der Waals surface area contributed by atoms with E-state index >= 15 is 0 Å². The lowest BCUT2D eigenvalue weighted by Gasteiger charge is -2.05. The number of nitrogens with zero attached hydrogens (tertiary/aromatic N) is 2. The van der Waals surface area contributed by atoms with Gasteiger partial charge in [-0.15, -0.1) is 0 Å². The Kier molecular flexibility index (Phi) is 3.43. The van der Waals surface area contributed by atoms with Gasteiger partial charge in [0.25, 0.3) is 0 Å². The third-order valence-electron chi connectivity index (χ3n) is 3.23. The van der Waals surface area contributed by atoms with E-state index in [1.807, 2.05) is 12.1 Å². The van der Waals surface area contributed by atoms with Crippen LogP contribution >= 0.6 is 11.6 Å². The molecule has 108 valence electrons. The summed E-state index contributed by atoms with van der Waals surface area (Å²) in [4.78, 5) is 11.1. The van der Waals surface area contributed by atoms with Crippen molar-refractivity contribution in [2.75, 3.05) is 0 Å². The van der Waals surface area contributed by atoms with Crippen LogP contribution in [-0.2, 0) is 15.6 Å². The highest BCUT2D eigenvalue weighted by Gasteiger charge is 2.22. The van der Waals surface area contributed by atoms with Crippen molar-refractivity contribution in [3.63, 3.8) is 0 Å². The fourth-order valence-electron chi connectivity index (χ4n) is 2.02. The molecule has 2 heterocycles. The Balaban J connectivity index is 2.02. The molecular weight excluding hydrogens is 310 g/mol. The molecule has 0 radical (unpaired) electrons. The van der Waals surface area contributed by atoms with E-state index in [0.717, 1.165) is 0 Å². The zero-order chi connectivity index (χ0) is 15.0. The number of hydrogen-bond donors (Lipinski definition) is 1. The quantitative estimate of drug-likeness (QED) is 0.804. The van der Waals surface area contributed by atoms with Crippen LogP contribution < -0.4 is 0 Å². The highest BCUT2D eigenvalue weighted by atomic mass is 35.5. The van der Waals surface area contributed by atoms with Crippen LogP contribution in [-0.4, -0.2) is 23.4 Å². The van der Waals surface area contributed by atoms with Gasteiger partial charge < -0.3 is 4.98 Å². The lowest BCUT2D eigenvalue weighted by Crippen LogP contribution is -2.09. The van der Waals surface area contributed by atoms with Gasteiger partial charge >= 0.3 is 0 Å². The maximum absolute atomic E-state index is 12.5. The van der Waals surface area contributed by atoms with Gasteiger partial charge in [-0.05, 0) is 30.7 Å². The minimum atomic E-state index is -3.60. The van der Waals surface area contributed by atoms with Crippen molar-refractivity contribution in [2.45, 2.75) is 17.8 Å². The van der Waals surface area contributed by atoms with Gasteiger partial charge in [-0.1, -0.05) is 23.7 Å². The smallest absolute Gasteiger partial charge is 0.226 e. The van der Waals surface area contributed by atoms with Crippen LogP contribution in [0.25, 0.3) is 11.0 Å². The van der Waals surface area contributed by atoms with E-state index < -0.39 is 9.84 Å². The maximum atomic E-state index is 12.5. The van der Waals surface area contributed by atoms with E-state index in [1.54, 1.807) is 25.1 Å². The topological polar surface area (TPSA) is 75.7 Å². The second-order valence-corrected chi connectivity index (χ2v) is 6.99. The number of fused-ring (bicyclic) bond motifs is 1. The number of benzene rings is 1. The van der Waals surface area contributed by atoms with Crippen LogP contribution in [0.15, 0.2) is 41.7 Å². The fraction of sp³-hybridized carbons (Fsp3) is 0.143. The molecule has 0 spiro atoms. The third-order valence-corrected chi connectivity index (χ3v) is 5.08. The summed E-state index contributed by atoms with van der Waals surface area (Å²) in [5.74, 6) is -0.237. The molecule has 0 aliphatic rings. The van der Waals surface area contributed by atoms with Crippen molar-refractivity contribution in [1.29, 1.82) is 0 Å². The van der Waals surface area contributed by atoms with E-state index in [2.05, 4.69) is 15.0 Å². The summed E-state index contributed by atoms with van der Waals surface area (Å²) in [6.45, 7) is 1.75. The molecule has 5 nitrogen and oxygen atoms in total. The number of sulfone groups is 1. The molecule has 0 aliphatic heterocycles. The average molecular weight is 322 g/mol. The molecule has 0 saturated carbocycles. The van der Waals surface area contributed by atoms with Crippen LogP contribution in [0.1, 0.15) is 11.3 Å². The van der Waals surface area contributed by atoms with Gasteiger partial charge in [-0.3, -0.25) is 4.98 Å². The molecule has 2 aromatic heterocycles. The summed E-state index contributed by atoms with van der Waals surface area (Å²) in [5.41, 5.74) is 2.40. The zero-order valence-electron chi connectivity index (χ0n) is 11.2. The van der Waals surface area contributed by atoms with Crippen LogP contribution in [0.2, 0.25) is 5.02 Å². The number of imidazole rings is 1. The summed E-state index contributed by atoms with van der Waals surface area (Å²) in [6, 6.07) is 8.80. The Labute approximate surface area is 126 Å². The van der Waals surface area contributed by atoms with Gasteiger partial charge in [0.1, 0.15) is 5.75 Å². The zero-order valence-corrected chi connectivity index (χ0v) is 12.7. The molecule has 0 bridgehead atoms. The van der Waals surface area contributed by atoms with Crippen molar-refractivity contribution in [3.8, 4) is 0 Å². The molecular formula is C14H12ClN3O2S. The van der Waals surface area contributed by atoms with Gasteiger partial charge in [0.15, 0.2) is 0 Å². The highest BCUT2D eigenvalue weighted by molar-refractivity contribution is 7.90. The van der Waals surface area contributed by atoms with Crippen LogP contribution in [0.4, 0.5) is 0 Å². The van der Waals surface area contributed by atoms with Crippen LogP contribution in [0.5, 0.6) is 0 Å². The summed E-state index contributed by atoms with van der Waals surface area (Å²) in [6.07, 6.45) is 1.50. The van der Waals surface area contributed by atoms with Gasteiger partial charge in [0.2, 0.25) is 15.0 Å². The van der Waals surface area contributed by atoms with Crippen molar-refractivity contribution >= 4 is 32.5 Å². The fourth-order valence-corrected chi connectivity index (χ4v) is 3.48. The van der Waals surface area contributed by atoms with E-state index in [0.29, 0.717) is 27.3 Å². The third kappa shape index (κ3) is 2.64. The summed E-state index contributed by atoms with van der Waals surface area (Å²) >= 11 is 5.99. The predicted octanol–water partition coefficient (Wildman–Crippen LogP) is 2.89. The number of para-hydroxylation sites is 2. The van der Waals surface area contributed by atoms with Crippen molar-refractivity contribution < 1.29 is 8.42 Å². The number of pyridine rings is 1. The monoisotopic (exact) mass is 321 g/mol. The molecule has 0 saturated heterocycles. The second kappa shape index (κ2) is 5.13. The van der Waals surface area contributed by atoms with Gasteiger partial charge in [0.05, 0.1) is 16.7 Å². The predicted molar refractivity (Wildman–Crippen MR) is 81.0 cm³/mol. The molecule has 1 N–H and O–H groups in total. The van der Waals surface area contributed by atoms with Crippen LogP contribution in [0, 0.1) is 6.92 Å². The minimum absolute atomic E-state index is 0.0510. The van der Waals surface area contributed by atoms with Crippen molar-refractivity contribution in [3.05, 3.63) is 52.8 Å². The first-order chi connectivity index (χ1) is 9.97. The average Bonchev–Trinajstić information content (AvgIpc) is 2.88. The van der Waals surface area contributed by atoms with E-state index in [-0.39, 0.29) is 10.9 Å². The molecule has 3 aromatic rings. The SMILES string of the molecule is Cc1c(Cl)ccnc1CS(=O)(=O)c1nc2ccccc2[nH]1. The number of rotatable bonds is 3.